The van der Waals surface area contributed by atoms with Crippen molar-refractivity contribution in [3.63, 3.8) is 0 Å². The summed E-state index contributed by atoms with van der Waals surface area (Å²) in [6, 6.07) is 4.01. The number of aromatic nitrogens is 1. The van der Waals surface area contributed by atoms with Crippen LogP contribution < -0.4 is 5.32 Å². The van der Waals surface area contributed by atoms with Gasteiger partial charge in [-0.15, -0.1) is 0 Å². The van der Waals surface area contributed by atoms with Crippen molar-refractivity contribution < 1.29 is 0 Å². The van der Waals surface area contributed by atoms with E-state index in [9.17, 15) is 0 Å². The van der Waals surface area contributed by atoms with E-state index < -0.39 is 0 Å². The van der Waals surface area contributed by atoms with E-state index >= 15 is 0 Å². The molecule has 1 saturated carbocycles. The summed E-state index contributed by atoms with van der Waals surface area (Å²) in [6.07, 6.45) is 7.84. The van der Waals surface area contributed by atoms with Crippen LogP contribution in [0.15, 0.2) is 24.5 Å². The molecule has 12 heavy (non-hydrogen) atoms. The van der Waals surface area contributed by atoms with Crippen molar-refractivity contribution in [1.82, 2.24) is 4.98 Å². The molecule has 0 radical (unpaired) electrons. The molecule has 2 heteroatoms. The highest BCUT2D eigenvalue weighted by atomic mass is 14.9. The van der Waals surface area contributed by atoms with E-state index in [4.69, 9.17) is 0 Å². The first-order valence-corrected chi connectivity index (χ1v) is 4.59. The average molecular weight is 162 g/mol. The van der Waals surface area contributed by atoms with E-state index in [1.165, 1.54) is 24.9 Å². The van der Waals surface area contributed by atoms with Gasteiger partial charge in [0.1, 0.15) is 0 Å². The Morgan fingerprint density at radius 2 is 2.08 bits per heavy atom. The highest BCUT2D eigenvalue weighted by molar-refractivity contribution is 5.40. The quantitative estimate of drug-likeness (QED) is 0.734. The zero-order valence-electron chi connectivity index (χ0n) is 7.16. The fourth-order valence-corrected chi connectivity index (χ4v) is 1.30. The molecule has 2 nitrogen and oxygen atoms in total. The highest BCUT2D eigenvalue weighted by Crippen LogP contribution is 2.31. The topological polar surface area (TPSA) is 24.9 Å². The van der Waals surface area contributed by atoms with Gasteiger partial charge in [-0.3, -0.25) is 4.98 Å². The Hall–Kier alpha value is -1.05. The van der Waals surface area contributed by atoms with Crippen molar-refractivity contribution >= 4 is 5.69 Å². The van der Waals surface area contributed by atoms with Crippen LogP contribution in [0.2, 0.25) is 0 Å². The molecular formula is C10H14N2. The smallest absolute Gasteiger partial charge is 0.0371 e. The molecule has 0 spiro atoms. The van der Waals surface area contributed by atoms with Gasteiger partial charge in [-0.05, 0) is 24.5 Å². The van der Waals surface area contributed by atoms with Crippen molar-refractivity contribution in [1.29, 1.82) is 0 Å². The van der Waals surface area contributed by atoms with Crippen LogP contribution in [0.4, 0.5) is 5.69 Å². The van der Waals surface area contributed by atoms with Crippen LogP contribution in [0, 0.1) is 5.92 Å². The van der Waals surface area contributed by atoms with Gasteiger partial charge in [-0.2, -0.15) is 0 Å². The molecule has 1 aliphatic rings. The average Bonchev–Trinajstić information content (AvgIpc) is 2.90. The predicted octanol–water partition coefficient (Wildman–Crippen LogP) is 2.29. The van der Waals surface area contributed by atoms with E-state index in [0.29, 0.717) is 0 Å². The fourth-order valence-electron chi connectivity index (χ4n) is 1.30. The number of nitrogens with one attached hydrogen (secondary N) is 1. The first-order valence-electron chi connectivity index (χ1n) is 4.59. The summed E-state index contributed by atoms with van der Waals surface area (Å²) in [7, 11) is 0. The lowest BCUT2D eigenvalue weighted by Gasteiger charge is -2.03. The number of hydrogen-bond donors (Lipinski definition) is 1. The van der Waals surface area contributed by atoms with Crippen LogP contribution in [0.25, 0.3) is 0 Å². The van der Waals surface area contributed by atoms with Crippen molar-refractivity contribution in [3.05, 3.63) is 24.5 Å². The lowest BCUT2D eigenvalue weighted by molar-refractivity contribution is 0.760. The third-order valence-electron chi connectivity index (χ3n) is 2.26. The molecule has 1 N–H and O–H groups in total. The Bertz CT molecular complexity index is 229. The van der Waals surface area contributed by atoms with Gasteiger partial charge in [0.25, 0.3) is 0 Å². The zero-order chi connectivity index (χ0) is 8.23. The minimum absolute atomic E-state index is 1.01. The van der Waals surface area contributed by atoms with Crippen LogP contribution in [-0.4, -0.2) is 11.5 Å². The van der Waals surface area contributed by atoms with Gasteiger partial charge < -0.3 is 5.32 Å². The van der Waals surface area contributed by atoms with Crippen molar-refractivity contribution in [2.75, 3.05) is 11.9 Å². The third kappa shape index (κ3) is 2.22. The molecule has 0 bridgehead atoms. The Morgan fingerprint density at radius 3 is 2.75 bits per heavy atom. The van der Waals surface area contributed by atoms with Crippen molar-refractivity contribution in [2.24, 2.45) is 5.92 Å². The molecule has 1 fully saturated rings. The summed E-state index contributed by atoms with van der Waals surface area (Å²) >= 11 is 0. The van der Waals surface area contributed by atoms with Crippen molar-refractivity contribution in [3.8, 4) is 0 Å². The predicted molar refractivity (Wildman–Crippen MR) is 50.1 cm³/mol. The van der Waals surface area contributed by atoms with Gasteiger partial charge in [0.15, 0.2) is 0 Å². The summed E-state index contributed by atoms with van der Waals surface area (Å²) in [5.74, 6) is 1.01. The minimum Gasteiger partial charge on any atom is -0.385 e. The summed E-state index contributed by atoms with van der Waals surface area (Å²) in [5, 5.41) is 3.38. The maximum absolute atomic E-state index is 3.96. The first-order chi connectivity index (χ1) is 5.95. The summed E-state index contributed by atoms with van der Waals surface area (Å²) in [4.78, 5) is 3.96. The van der Waals surface area contributed by atoms with Gasteiger partial charge in [-0.1, -0.05) is 12.8 Å². The van der Waals surface area contributed by atoms with E-state index in [-0.39, 0.29) is 0 Å². The second-order valence-electron chi connectivity index (χ2n) is 3.39. The van der Waals surface area contributed by atoms with Crippen LogP contribution in [0.3, 0.4) is 0 Å². The molecular weight excluding hydrogens is 148 g/mol. The molecule has 0 unspecified atom stereocenters. The molecule has 2 rings (SSSR count). The number of rotatable bonds is 4. The van der Waals surface area contributed by atoms with E-state index in [0.717, 1.165) is 12.5 Å². The Labute approximate surface area is 73.0 Å². The van der Waals surface area contributed by atoms with Crippen LogP contribution in [-0.2, 0) is 0 Å². The van der Waals surface area contributed by atoms with Crippen molar-refractivity contribution in [2.45, 2.75) is 19.3 Å². The largest absolute Gasteiger partial charge is 0.385 e. The second kappa shape index (κ2) is 3.57. The molecule has 0 saturated heterocycles. The summed E-state index contributed by atoms with van der Waals surface area (Å²) in [6.45, 7) is 1.11. The monoisotopic (exact) mass is 162 g/mol. The van der Waals surface area contributed by atoms with E-state index in [1.54, 1.807) is 0 Å². The molecule has 0 aromatic carbocycles. The number of pyridine rings is 1. The van der Waals surface area contributed by atoms with Crippen LogP contribution >= 0.6 is 0 Å². The van der Waals surface area contributed by atoms with E-state index in [2.05, 4.69) is 10.3 Å². The molecule has 0 atom stereocenters. The molecule has 1 heterocycles. The van der Waals surface area contributed by atoms with Crippen LogP contribution in [0.1, 0.15) is 19.3 Å². The lowest BCUT2D eigenvalue weighted by Crippen LogP contribution is -2.01. The molecule has 1 aliphatic carbocycles. The third-order valence-corrected chi connectivity index (χ3v) is 2.26. The van der Waals surface area contributed by atoms with Gasteiger partial charge >= 0.3 is 0 Å². The summed E-state index contributed by atoms with van der Waals surface area (Å²) < 4.78 is 0. The number of anilines is 1. The lowest BCUT2D eigenvalue weighted by atomic mass is 10.3. The fraction of sp³-hybridized carbons (Fsp3) is 0.500. The Morgan fingerprint density at radius 1 is 1.33 bits per heavy atom. The number of nitrogens with zero attached hydrogens (tertiary/aromatic N) is 1. The normalized spacial score (nSPS) is 16.0. The van der Waals surface area contributed by atoms with Gasteiger partial charge in [0.05, 0.1) is 0 Å². The van der Waals surface area contributed by atoms with Gasteiger partial charge in [-0.25, -0.2) is 0 Å². The zero-order valence-corrected chi connectivity index (χ0v) is 7.16. The number of hydrogen-bond acceptors (Lipinski definition) is 2. The minimum atomic E-state index is 1.01. The maximum Gasteiger partial charge on any atom is 0.0371 e. The van der Waals surface area contributed by atoms with Gasteiger partial charge in [0, 0.05) is 24.6 Å². The molecule has 0 amide bonds. The standard InChI is InChI=1S/C10H14N2/c1-2-9(1)3-8-12-10-4-6-11-7-5-10/h4-7,9H,1-3,8H2,(H,11,12). The SMILES string of the molecule is c1cc(NCCC2CC2)ccn1. The van der Waals surface area contributed by atoms with Crippen LogP contribution in [0.5, 0.6) is 0 Å². The van der Waals surface area contributed by atoms with E-state index in [1.807, 2.05) is 24.5 Å². The molecule has 64 valence electrons. The Balaban J connectivity index is 1.72. The Kier molecular flexibility index (Phi) is 2.26. The second-order valence-corrected chi connectivity index (χ2v) is 3.39. The van der Waals surface area contributed by atoms with Gasteiger partial charge in [0.2, 0.25) is 0 Å². The highest BCUT2D eigenvalue weighted by Gasteiger charge is 2.19. The molecule has 0 aliphatic heterocycles. The maximum atomic E-state index is 3.96. The molecule has 1 aromatic heterocycles. The summed E-state index contributed by atoms with van der Waals surface area (Å²) in [5.41, 5.74) is 1.19. The molecule has 1 aromatic rings. The first kappa shape index (κ1) is 7.59.